The lowest BCUT2D eigenvalue weighted by atomic mass is 9.91. The van der Waals surface area contributed by atoms with Crippen LogP contribution in [0.1, 0.15) is 43.7 Å². The maximum Gasteiger partial charge on any atom is 0.232 e. The summed E-state index contributed by atoms with van der Waals surface area (Å²) in [7, 11) is -3.23. The molecule has 118 valence electrons. The van der Waals surface area contributed by atoms with Crippen LogP contribution in [0.4, 0.5) is 5.69 Å². The number of unbranched alkanes of at least 4 members (excludes halogenated alkanes) is 1. The molecule has 0 atom stereocenters. The van der Waals surface area contributed by atoms with E-state index >= 15 is 0 Å². The van der Waals surface area contributed by atoms with Gasteiger partial charge in [0.15, 0.2) is 0 Å². The second-order valence-electron chi connectivity index (χ2n) is 5.63. The number of aryl methyl sites for hydroxylation is 1. The average molecular weight is 310 g/mol. The van der Waals surface area contributed by atoms with Gasteiger partial charge in [0.05, 0.1) is 11.4 Å². The second kappa shape index (κ2) is 7.80. The fourth-order valence-corrected chi connectivity index (χ4v) is 4.03. The minimum atomic E-state index is -3.23. The third-order valence-electron chi connectivity index (χ3n) is 3.93. The van der Waals surface area contributed by atoms with Crippen LogP contribution in [-0.2, 0) is 22.9 Å². The first-order valence-corrected chi connectivity index (χ1v) is 9.59. The van der Waals surface area contributed by atoms with Crippen molar-refractivity contribution in [3.63, 3.8) is 0 Å². The van der Waals surface area contributed by atoms with Crippen LogP contribution in [-0.4, -0.2) is 27.3 Å². The Bertz CT molecular complexity index is 555. The molecule has 0 aromatic heterocycles. The lowest BCUT2D eigenvalue weighted by molar-refractivity contribution is 0.593. The summed E-state index contributed by atoms with van der Waals surface area (Å²) in [6.45, 7) is 3.87. The second-order valence-corrected chi connectivity index (χ2v) is 7.47. The highest BCUT2D eigenvalue weighted by atomic mass is 32.2. The fourth-order valence-electron chi connectivity index (χ4n) is 2.81. The van der Waals surface area contributed by atoms with E-state index in [-0.39, 0.29) is 5.75 Å². The van der Waals surface area contributed by atoms with Crippen molar-refractivity contribution >= 4 is 15.7 Å². The highest BCUT2D eigenvalue weighted by molar-refractivity contribution is 7.92. The molecule has 0 heterocycles. The summed E-state index contributed by atoms with van der Waals surface area (Å²) < 4.78 is 27.2. The highest BCUT2D eigenvalue weighted by Gasteiger charge is 2.16. The molecule has 5 heteroatoms. The highest BCUT2D eigenvalue weighted by Crippen LogP contribution is 2.28. The molecule has 0 saturated carbocycles. The zero-order valence-corrected chi connectivity index (χ0v) is 13.6. The summed E-state index contributed by atoms with van der Waals surface area (Å²) in [5.74, 6) is 0.196. The number of anilines is 1. The van der Waals surface area contributed by atoms with Crippen LogP contribution in [0, 0.1) is 0 Å². The normalized spacial score (nSPS) is 14.7. The average Bonchev–Trinajstić information content (AvgIpc) is 2.47. The van der Waals surface area contributed by atoms with Crippen molar-refractivity contribution < 1.29 is 8.42 Å². The molecule has 2 rings (SSSR count). The molecule has 0 unspecified atom stereocenters. The van der Waals surface area contributed by atoms with Crippen molar-refractivity contribution in [1.82, 2.24) is 5.32 Å². The molecule has 4 nitrogen and oxygen atoms in total. The predicted octanol–water partition coefficient (Wildman–Crippen LogP) is 2.70. The minimum absolute atomic E-state index is 0.196. The molecule has 1 aliphatic rings. The number of fused-ring (bicyclic) bond motifs is 1. The zero-order valence-electron chi connectivity index (χ0n) is 12.8. The van der Waals surface area contributed by atoms with Gasteiger partial charge in [-0.05, 0) is 68.8 Å². The van der Waals surface area contributed by atoms with Crippen LogP contribution in [0.3, 0.4) is 0 Å². The number of hydrogen-bond acceptors (Lipinski definition) is 3. The van der Waals surface area contributed by atoms with Crippen molar-refractivity contribution in [1.29, 1.82) is 0 Å². The van der Waals surface area contributed by atoms with Crippen LogP contribution in [0.15, 0.2) is 18.2 Å². The molecule has 0 saturated heterocycles. The van der Waals surface area contributed by atoms with Gasteiger partial charge in [-0.2, -0.15) is 0 Å². The standard InChI is InChI=1S/C16H26N2O2S/c1-2-17-12-5-6-13-21(19,20)18-16-11-7-9-14-8-3-4-10-15(14)16/h7,9,11,17-18H,2-6,8,10,12-13H2,1H3. The molecule has 0 amide bonds. The molecular weight excluding hydrogens is 284 g/mol. The number of rotatable bonds is 8. The van der Waals surface area contributed by atoms with Gasteiger partial charge in [0.25, 0.3) is 0 Å². The van der Waals surface area contributed by atoms with E-state index in [1.165, 1.54) is 17.5 Å². The van der Waals surface area contributed by atoms with Crippen molar-refractivity contribution in [2.75, 3.05) is 23.6 Å². The summed E-state index contributed by atoms with van der Waals surface area (Å²) >= 11 is 0. The Balaban J connectivity index is 1.94. The van der Waals surface area contributed by atoms with E-state index in [9.17, 15) is 8.42 Å². The third-order valence-corrected chi connectivity index (χ3v) is 5.29. The van der Waals surface area contributed by atoms with Crippen LogP contribution >= 0.6 is 0 Å². The molecule has 2 N–H and O–H groups in total. The molecule has 0 spiro atoms. The molecule has 0 bridgehead atoms. The van der Waals surface area contributed by atoms with Gasteiger partial charge in [-0.3, -0.25) is 4.72 Å². The number of hydrogen-bond donors (Lipinski definition) is 2. The first kappa shape index (κ1) is 16.3. The number of nitrogens with one attached hydrogen (secondary N) is 2. The van der Waals surface area contributed by atoms with Gasteiger partial charge in [0.2, 0.25) is 10.0 Å². The van der Waals surface area contributed by atoms with Crippen LogP contribution in [0.25, 0.3) is 0 Å². The van der Waals surface area contributed by atoms with E-state index in [0.29, 0.717) is 6.42 Å². The Kier molecular flexibility index (Phi) is 6.06. The molecule has 0 aliphatic heterocycles. The van der Waals surface area contributed by atoms with E-state index in [1.807, 2.05) is 12.1 Å². The number of benzene rings is 1. The summed E-state index contributed by atoms with van der Waals surface area (Å²) in [6.07, 6.45) is 5.98. The zero-order chi connectivity index (χ0) is 15.1. The van der Waals surface area contributed by atoms with E-state index < -0.39 is 10.0 Å². The van der Waals surface area contributed by atoms with E-state index in [4.69, 9.17) is 0 Å². The maximum atomic E-state index is 12.2. The Morgan fingerprint density at radius 3 is 2.76 bits per heavy atom. The molecule has 21 heavy (non-hydrogen) atoms. The van der Waals surface area contributed by atoms with Crippen molar-refractivity contribution in [3.8, 4) is 0 Å². The van der Waals surface area contributed by atoms with Crippen molar-refractivity contribution in [3.05, 3.63) is 29.3 Å². The van der Waals surface area contributed by atoms with Gasteiger partial charge in [-0.15, -0.1) is 0 Å². The minimum Gasteiger partial charge on any atom is -0.317 e. The van der Waals surface area contributed by atoms with Gasteiger partial charge in [-0.25, -0.2) is 8.42 Å². The van der Waals surface area contributed by atoms with Crippen molar-refractivity contribution in [2.45, 2.75) is 45.4 Å². The number of sulfonamides is 1. The molecule has 0 fully saturated rings. The molecule has 1 aliphatic carbocycles. The maximum absolute atomic E-state index is 12.2. The van der Waals surface area contributed by atoms with Crippen LogP contribution in [0.2, 0.25) is 0 Å². The summed E-state index contributed by atoms with van der Waals surface area (Å²) in [5, 5.41) is 3.21. The SMILES string of the molecule is CCNCCCCS(=O)(=O)Nc1cccc2c1CCCC2. The lowest BCUT2D eigenvalue weighted by Gasteiger charge is -2.20. The first-order chi connectivity index (χ1) is 10.1. The van der Waals surface area contributed by atoms with Gasteiger partial charge in [0.1, 0.15) is 0 Å². The third kappa shape index (κ3) is 5.00. The smallest absolute Gasteiger partial charge is 0.232 e. The van der Waals surface area contributed by atoms with Gasteiger partial charge in [0, 0.05) is 0 Å². The fraction of sp³-hybridized carbons (Fsp3) is 0.625. The molecular formula is C16H26N2O2S. The summed E-state index contributed by atoms with van der Waals surface area (Å²) in [6, 6.07) is 5.95. The Morgan fingerprint density at radius 1 is 1.14 bits per heavy atom. The van der Waals surface area contributed by atoms with Gasteiger partial charge >= 0.3 is 0 Å². The summed E-state index contributed by atoms with van der Waals surface area (Å²) in [4.78, 5) is 0. The summed E-state index contributed by atoms with van der Waals surface area (Å²) in [5.41, 5.74) is 3.28. The largest absolute Gasteiger partial charge is 0.317 e. The lowest BCUT2D eigenvalue weighted by Crippen LogP contribution is -2.20. The predicted molar refractivity (Wildman–Crippen MR) is 88.3 cm³/mol. The monoisotopic (exact) mass is 310 g/mol. The van der Waals surface area contributed by atoms with Crippen LogP contribution < -0.4 is 10.0 Å². The first-order valence-electron chi connectivity index (χ1n) is 7.94. The Labute approximate surface area is 128 Å². The van der Waals surface area contributed by atoms with E-state index in [0.717, 1.165) is 44.5 Å². The molecule has 1 aromatic rings. The van der Waals surface area contributed by atoms with Crippen molar-refractivity contribution in [2.24, 2.45) is 0 Å². The van der Waals surface area contributed by atoms with Gasteiger partial charge < -0.3 is 5.32 Å². The topological polar surface area (TPSA) is 58.2 Å². The quantitative estimate of drug-likeness (QED) is 0.726. The van der Waals surface area contributed by atoms with Crippen LogP contribution in [0.5, 0.6) is 0 Å². The Morgan fingerprint density at radius 2 is 1.95 bits per heavy atom. The van der Waals surface area contributed by atoms with Gasteiger partial charge in [-0.1, -0.05) is 19.1 Å². The van der Waals surface area contributed by atoms with E-state index in [2.05, 4.69) is 23.0 Å². The molecule has 1 aromatic carbocycles. The molecule has 0 radical (unpaired) electrons. The Hall–Kier alpha value is -1.07. The van der Waals surface area contributed by atoms with E-state index in [1.54, 1.807) is 0 Å².